The van der Waals surface area contributed by atoms with Crippen LogP contribution in [-0.4, -0.2) is 11.5 Å². The van der Waals surface area contributed by atoms with Gasteiger partial charge < -0.3 is 5.32 Å². The maximum atomic E-state index is 5.27. The Hall–Kier alpha value is -1.33. The zero-order valence-electron chi connectivity index (χ0n) is 6.75. The largest absolute Gasteiger partial charge is 0.310 e. The van der Waals surface area contributed by atoms with E-state index in [-0.39, 0.29) is 0 Å². The number of hydrogen-bond acceptors (Lipinski definition) is 2. The topological polar surface area (TPSA) is 24.9 Å². The van der Waals surface area contributed by atoms with Crippen molar-refractivity contribution in [3.63, 3.8) is 0 Å². The lowest BCUT2D eigenvalue weighted by Gasteiger charge is -2.27. The lowest BCUT2D eigenvalue weighted by Crippen LogP contribution is -2.34. The molecule has 2 heteroatoms. The number of terminal acetylenes is 1. The average molecular weight is 158 g/mol. The van der Waals surface area contributed by atoms with Gasteiger partial charge in [0.2, 0.25) is 0 Å². The normalized spacial score (nSPS) is 21.1. The molecule has 12 heavy (non-hydrogen) atoms. The summed E-state index contributed by atoms with van der Waals surface area (Å²) in [7, 11) is 0. The molecule has 2 heterocycles. The highest BCUT2D eigenvalue weighted by Crippen LogP contribution is 2.21. The van der Waals surface area contributed by atoms with E-state index in [1.54, 1.807) is 6.20 Å². The van der Waals surface area contributed by atoms with Crippen molar-refractivity contribution in [3.8, 4) is 12.3 Å². The molecule has 0 spiro atoms. The lowest BCUT2D eigenvalue weighted by atomic mass is 9.99. The molecule has 0 amide bonds. The van der Waals surface area contributed by atoms with Gasteiger partial charge in [0.1, 0.15) is 0 Å². The van der Waals surface area contributed by atoms with Crippen molar-refractivity contribution in [2.45, 2.75) is 12.5 Å². The number of nitrogens with zero attached hydrogens (tertiary/aromatic N) is 1. The molecule has 2 rings (SSSR count). The van der Waals surface area contributed by atoms with E-state index in [1.165, 1.54) is 12.0 Å². The Morgan fingerprint density at radius 1 is 1.58 bits per heavy atom. The molecule has 1 aromatic heterocycles. The smallest absolute Gasteiger partial charge is 0.0429 e. The molecule has 0 saturated carbocycles. The Morgan fingerprint density at radius 2 is 2.42 bits per heavy atom. The third-order valence-electron chi connectivity index (χ3n) is 2.15. The Labute approximate surface area is 72.0 Å². The van der Waals surface area contributed by atoms with Crippen LogP contribution in [-0.2, 0) is 0 Å². The maximum Gasteiger partial charge on any atom is 0.0429 e. The summed E-state index contributed by atoms with van der Waals surface area (Å²) in [4.78, 5) is 4.08. The van der Waals surface area contributed by atoms with Gasteiger partial charge in [-0.2, -0.15) is 0 Å². The number of rotatable bonds is 1. The number of pyridine rings is 1. The highest BCUT2D eigenvalue weighted by Gasteiger charge is 2.18. The zero-order chi connectivity index (χ0) is 8.39. The summed E-state index contributed by atoms with van der Waals surface area (Å²) in [5, 5.41) is 3.30. The Bertz CT molecular complexity index is 321. The first-order valence-corrected chi connectivity index (χ1v) is 4.05. The molecular weight excluding hydrogens is 148 g/mol. The molecule has 1 fully saturated rings. The van der Waals surface area contributed by atoms with Crippen molar-refractivity contribution in [1.29, 1.82) is 0 Å². The van der Waals surface area contributed by atoms with Crippen molar-refractivity contribution in [1.82, 2.24) is 10.3 Å². The van der Waals surface area contributed by atoms with Crippen molar-refractivity contribution in [3.05, 3.63) is 29.6 Å². The highest BCUT2D eigenvalue weighted by atomic mass is 15.0. The molecule has 1 saturated heterocycles. The minimum Gasteiger partial charge on any atom is -0.310 e. The van der Waals surface area contributed by atoms with Gasteiger partial charge in [-0.05, 0) is 24.6 Å². The van der Waals surface area contributed by atoms with Crippen molar-refractivity contribution >= 4 is 0 Å². The Morgan fingerprint density at radius 3 is 3.00 bits per heavy atom. The van der Waals surface area contributed by atoms with E-state index in [1.807, 2.05) is 12.3 Å². The van der Waals surface area contributed by atoms with E-state index < -0.39 is 0 Å². The van der Waals surface area contributed by atoms with Crippen LogP contribution in [0.2, 0.25) is 0 Å². The summed E-state index contributed by atoms with van der Waals surface area (Å²) in [6.45, 7) is 1.10. The fourth-order valence-corrected chi connectivity index (χ4v) is 1.30. The van der Waals surface area contributed by atoms with Crippen LogP contribution in [0, 0.1) is 12.3 Å². The van der Waals surface area contributed by atoms with Crippen LogP contribution in [0.25, 0.3) is 0 Å². The van der Waals surface area contributed by atoms with E-state index in [0.717, 1.165) is 12.1 Å². The van der Waals surface area contributed by atoms with Crippen LogP contribution in [0.1, 0.15) is 23.6 Å². The monoisotopic (exact) mass is 158 g/mol. The van der Waals surface area contributed by atoms with Gasteiger partial charge in [0.05, 0.1) is 0 Å². The predicted octanol–water partition coefficient (Wildman–Crippen LogP) is 1.10. The molecule has 0 aromatic carbocycles. The third kappa shape index (κ3) is 1.19. The van der Waals surface area contributed by atoms with Gasteiger partial charge in [0.25, 0.3) is 0 Å². The summed E-state index contributed by atoms with van der Waals surface area (Å²) in [5.41, 5.74) is 2.07. The molecule has 1 N–H and O–H groups in total. The zero-order valence-corrected chi connectivity index (χ0v) is 6.75. The van der Waals surface area contributed by atoms with Crippen molar-refractivity contribution < 1.29 is 0 Å². The Kier molecular flexibility index (Phi) is 1.81. The standard InChI is InChI=1S/C10H10N2/c1-2-8-5-9(7-11-6-8)10-3-4-12-10/h1,5-7,10,12H,3-4H2/t10-/m0/s1. The molecule has 0 aliphatic carbocycles. The summed E-state index contributed by atoms with van der Waals surface area (Å²) in [5.74, 6) is 2.58. The quantitative estimate of drug-likeness (QED) is 0.619. The molecule has 60 valence electrons. The molecular formula is C10H10N2. The first-order valence-electron chi connectivity index (χ1n) is 4.05. The minimum atomic E-state index is 0.478. The molecule has 1 atom stereocenters. The van der Waals surface area contributed by atoms with Crippen LogP contribution in [0.15, 0.2) is 18.5 Å². The minimum absolute atomic E-state index is 0.478. The number of hydrogen-bond donors (Lipinski definition) is 1. The summed E-state index contributed by atoms with van der Waals surface area (Å²) >= 11 is 0. The van der Waals surface area contributed by atoms with Crippen LogP contribution in [0.3, 0.4) is 0 Å². The van der Waals surface area contributed by atoms with E-state index in [0.29, 0.717) is 6.04 Å². The van der Waals surface area contributed by atoms with Crippen molar-refractivity contribution in [2.24, 2.45) is 0 Å². The van der Waals surface area contributed by atoms with E-state index in [9.17, 15) is 0 Å². The first-order chi connectivity index (χ1) is 5.90. The van der Waals surface area contributed by atoms with Gasteiger partial charge in [-0.25, -0.2) is 0 Å². The molecule has 0 bridgehead atoms. The second-order valence-electron chi connectivity index (χ2n) is 2.95. The number of aromatic nitrogens is 1. The lowest BCUT2D eigenvalue weighted by molar-refractivity contribution is 0.382. The number of nitrogens with one attached hydrogen (secondary N) is 1. The second kappa shape index (κ2) is 2.96. The van der Waals surface area contributed by atoms with Crippen LogP contribution < -0.4 is 5.32 Å². The molecule has 2 nitrogen and oxygen atoms in total. The van der Waals surface area contributed by atoms with Gasteiger partial charge in [-0.3, -0.25) is 4.98 Å². The molecule has 1 aliphatic rings. The molecule has 0 radical (unpaired) electrons. The average Bonchev–Trinajstić information content (AvgIpc) is 2.02. The van der Waals surface area contributed by atoms with E-state index >= 15 is 0 Å². The first kappa shape index (κ1) is 7.33. The summed E-state index contributed by atoms with van der Waals surface area (Å²) < 4.78 is 0. The molecule has 1 aliphatic heterocycles. The van der Waals surface area contributed by atoms with E-state index in [2.05, 4.69) is 16.2 Å². The van der Waals surface area contributed by atoms with E-state index in [4.69, 9.17) is 6.42 Å². The van der Waals surface area contributed by atoms with Gasteiger partial charge >= 0.3 is 0 Å². The fourth-order valence-electron chi connectivity index (χ4n) is 1.30. The fraction of sp³-hybridized carbons (Fsp3) is 0.300. The second-order valence-corrected chi connectivity index (χ2v) is 2.95. The van der Waals surface area contributed by atoms with Gasteiger partial charge in [0.15, 0.2) is 0 Å². The molecule has 0 unspecified atom stereocenters. The van der Waals surface area contributed by atoms with Gasteiger partial charge in [-0.1, -0.05) is 5.92 Å². The van der Waals surface area contributed by atoms with Crippen LogP contribution in [0.4, 0.5) is 0 Å². The molecule has 1 aromatic rings. The maximum absolute atomic E-state index is 5.27. The Balaban J connectivity index is 2.27. The van der Waals surface area contributed by atoms with Crippen LogP contribution >= 0.6 is 0 Å². The predicted molar refractivity (Wildman–Crippen MR) is 47.5 cm³/mol. The third-order valence-corrected chi connectivity index (χ3v) is 2.15. The van der Waals surface area contributed by atoms with Gasteiger partial charge in [0, 0.05) is 24.0 Å². The summed E-state index contributed by atoms with van der Waals surface area (Å²) in [6, 6.07) is 2.50. The van der Waals surface area contributed by atoms with Gasteiger partial charge in [-0.15, -0.1) is 6.42 Å². The summed E-state index contributed by atoms with van der Waals surface area (Å²) in [6.07, 6.45) is 10.0. The van der Waals surface area contributed by atoms with Crippen LogP contribution in [0.5, 0.6) is 0 Å². The highest BCUT2D eigenvalue weighted by molar-refractivity contribution is 5.33. The van der Waals surface area contributed by atoms with Crippen molar-refractivity contribution in [2.75, 3.05) is 6.54 Å². The SMILES string of the molecule is C#Cc1cncc([C@@H]2CCN2)c1.